The highest BCUT2D eigenvalue weighted by Crippen LogP contribution is 1.95. The molecule has 0 aromatic carbocycles. The van der Waals surface area contributed by atoms with Crippen molar-refractivity contribution in [3.8, 4) is 0 Å². The molecule has 0 heterocycles. The minimum atomic E-state index is -3.21. The zero-order valence-corrected chi connectivity index (χ0v) is 10.4. The van der Waals surface area contributed by atoms with Gasteiger partial charge in [-0.25, -0.2) is 8.42 Å². The molecular weight excluding hydrogens is 218 g/mol. The molecule has 0 spiro atoms. The first kappa shape index (κ1) is 14.8. The summed E-state index contributed by atoms with van der Waals surface area (Å²) in [6.07, 6.45) is -0.853. The maximum atomic E-state index is 11.4. The second kappa shape index (κ2) is 7.16. The standard InChI is InChI=1S/C9H21NO4S/c1-8(2)10-6-9(11)7-15(12,13)5-4-14-3/h8-11H,4-7H2,1-3H3. The van der Waals surface area contributed by atoms with Crippen molar-refractivity contribution in [1.29, 1.82) is 0 Å². The summed E-state index contributed by atoms with van der Waals surface area (Å²) in [6.45, 7) is 4.34. The highest BCUT2D eigenvalue weighted by Gasteiger charge is 2.16. The highest BCUT2D eigenvalue weighted by atomic mass is 32.2. The number of rotatable bonds is 8. The van der Waals surface area contributed by atoms with Gasteiger partial charge >= 0.3 is 0 Å². The number of hydrogen-bond acceptors (Lipinski definition) is 5. The fourth-order valence-electron chi connectivity index (χ4n) is 1.02. The van der Waals surface area contributed by atoms with E-state index in [2.05, 4.69) is 10.1 Å². The molecule has 0 rings (SSSR count). The van der Waals surface area contributed by atoms with E-state index in [1.165, 1.54) is 7.11 Å². The predicted molar refractivity (Wildman–Crippen MR) is 59.7 cm³/mol. The van der Waals surface area contributed by atoms with Gasteiger partial charge in [0.1, 0.15) is 0 Å². The number of sulfone groups is 1. The van der Waals surface area contributed by atoms with Crippen molar-refractivity contribution in [2.75, 3.05) is 31.8 Å². The summed E-state index contributed by atoms with van der Waals surface area (Å²) in [5.41, 5.74) is 0. The van der Waals surface area contributed by atoms with E-state index in [-0.39, 0.29) is 24.2 Å². The van der Waals surface area contributed by atoms with Gasteiger partial charge in [-0.05, 0) is 0 Å². The van der Waals surface area contributed by atoms with Crippen LogP contribution >= 0.6 is 0 Å². The molecule has 0 aromatic heterocycles. The van der Waals surface area contributed by atoms with Crippen LogP contribution in [0.2, 0.25) is 0 Å². The molecule has 0 saturated carbocycles. The van der Waals surface area contributed by atoms with E-state index in [0.29, 0.717) is 6.54 Å². The van der Waals surface area contributed by atoms with Crippen LogP contribution in [0.4, 0.5) is 0 Å². The first-order chi connectivity index (χ1) is 6.87. The van der Waals surface area contributed by atoms with Crippen LogP contribution in [-0.4, -0.2) is 57.4 Å². The van der Waals surface area contributed by atoms with E-state index in [0.717, 1.165) is 0 Å². The van der Waals surface area contributed by atoms with E-state index in [9.17, 15) is 13.5 Å². The summed E-state index contributed by atoms with van der Waals surface area (Å²) in [5.74, 6) is -0.252. The molecule has 0 fully saturated rings. The molecule has 15 heavy (non-hydrogen) atoms. The Morgan fingerprint density at radius 2 is 2.00 bits per heavy atom. The fourth-order valence-corrected chi connectivity index (χ4v) is 2.31. The first-order valence-corrected chi connectivity index (χ1v) is 6.80. The molecule has 0 radical (unpaired) electrons. The van der Waals surface area contributed by atoms with Crippen molar-refractivity contribution in [2.45, 2.75) is 26.0 Å². The summed E-state index contributed by atoms with van der Waals surface area (Å²) in [7, 11) is -1.76. The number of ether oxygens (including phenoxy) is 1. The molecule has 6 heteroatoms. The zero-order valence-electron chi connectivity index (χ0n) is 9.56. The molecule has 2 N–H and O–H groups in total. The van der Waals surface area contributed by atoms with Gasteiger partial charge in [-0.1, -0.05) is 13.8 Å². The maximum absolute atomic E-state index is 11.4. The van der Waals surface area contributed by atoms with Crippen molar-refractivity contribution >= 4 is 9.84 Å². The quantitative estimate of drug-likeness (QED) is 0.592. The SMILES string of the molecule is COCCS(=O)(=O)CC(O)CNC(C)C. The van der Waals surface area contributed by atoms with E-state index in [4.69, 9.17) is 0 Å². The van der Waals surface area contributed by atoms with Gasteiger partial charge in [-0.3, -0.25) is 0 Å². The number of nitrogens with one attached hydrogen (secondary N) is 1. The number of methoxy groups -OCH3 is 1. The van der Waals surface area contributed by atoms with Crippen LogP contribution < -0.4 is 5.32 Å². The van der Waals surface area contributed by atoms with Crippen LogP contribution in [0.15, 0.2) is 0 Å². The third-order valence-electron chi connectivity index (χ3n) is 1.81. The molecule has 0 aliphatic heterocycles. The van der Waals surface area contributed by atoms with Gasteiger partial charge < -0.3 is 15.2 Å². The van der Waals surface area contributed by atoms with Crippen LogP contribution in [-0.2, 0) is 14.6 Å². The number of aliphatic hydroxyl groups excluding tert-OH is 1. The Kier molecular flexibility index (Phi) is 7.08. The molecule has 92 valence electrons. The lowest BCUT2D eigenvalue weighted by Crippen LogP contribution is -2.36. The molecule has 0 amide bonds. The fraction of sp³-hybridized carbons (Fsp3) is 1.00. The number of aliphatic hydroxyl groups is 1. The van der Waals surface area contributed by atoms with Crippen molar-refractivity contribution in [3.63, 3.8) is 0 Å². The van der Waals surface area contributed by atoms with Crippen LogP contribution in [0, 0.1) is 0 Å². The van der Waals surface area contributed by atoms with Crippen molar-refractivity contribution in [3.05, 3.63) is 0 Å². The largest absolute Gasteiger partial charge is 0.391 e. The molecule has 5 nitrogen and oxygen atoms in total. The lowest BCUT2D eigenvalue weighted by atomic mass is 10.3. The molecule has 0 aromatic rings. The second-order valence-electron chi connectivity index (χ2n) is 3.82. The average Bonchev–Trinajstić information content (AvgIpc) is 2.11. The van der Waals surface area contributed by atoms with E-state index >= 15 is 0 Å². The highest BCUT2D eigenvalue weighted by molar-refractivity contribution is 7.91. The Balaban J connectivity index is 3.88. The second-order valence-corrected chi connectivity index (χ2v) is 6.05. The Morgan fingerprint density at radius 1 is 1.40 bits per heavy atom. The van der Waals surface area contributed by atoms with Gasteiger partial charge in [0.2, 0.25) is 0 Å². The van der Waals surface area contributed by atoms with Gasteiger partial charge in [0.05, 0.1) is 24.2 Å². The normalized spacial score (nSPS) is 14.5. The van der Waals surface area contributed by atoms with Gasteiger partial charge in [0.15, 0.2) is 9.84 Å². The summed E-state index contributed by atoms with van der Waals surface area (Å²) in [4.78, 5) is 0. The Morgan fingerprint density at radius 3 is 2.47 bits per heavy atom. The Hall–Kier alpha value is -0.170. The van der Waals surface area contributed by atoms with Crippen LogP contribution in [0.25, 0.3) is 0 Å². The van der Waals surface area contributed by atoms with E-state index in [1.807, 2.05) is 13.8 Å². The van der Waals surface area contributed by atoms with E-state index in [1.54, 1.807) is 0 Å². The predicted octanol–water partition coefficient (Wildman–Crippen LogP) is -0.593. The molecule has 0 bridgehead atoms. The molecule has 0 aliphatic rings. The lowest BCUT2D eigenvalue weighted by molar-refractivity contribution is 0.189. The topological polar surface area (TPSA) is 75.6 Å². The van der Waals surface area contributed by atoms with Crippen molar-refractivity contribution in [1.82, 2.24) is 5.32 Å². The monoisotopic (exact) mass is 239 g/mol. The van der Waals surface area contributed by atoms with Crippen molar-refractivity contribution < 1.29 is 18.3 Å². The molecule has 0 saturated heterocycles. The first-order valence-electron chi connectivity index (χ1n) is 4.98. The zero-order chi connectivity index (χ0) is 11.9. The van der Waals surface area contributed by atoms with Gasteiger partial charge in [0.25, 0.3) is 0 Å². The third-order valence-corrected chi connectivity index (χ3v) is 3.49. The number of hydrogen-bond donors (Lipinski definition) is 2. The van der Waals surface area contributed by atoms with E-state index < -0.39 is 15.9 Å². The average molecular weight is 239 g/mol. The summed E-state index contributed by atoms with van der Waals surface area (Å²) in [6, 6.07) is 0.237. The van der Waals surface area contributed by atoms with Crippen LogP contribution in [0.5, 0.6) is 0 Å². The smallest absolute Gasteiger partial charge is 0.155 e. The summed E-state index contributed by atoms with van der Waals surface area (Å²) >= 11 is 0. The van der Waals surface area contributed by atoms with Crippen molar-refractivity contribution in [2.24, 2.45) is 0 Å². The minimum absolute atomic E-state index is 0.0394. The van der Waals surface area contributed by atoms with Gasteiger partial charge in [-0.2, -0.15) is 0 Å². The Bertz CT molecular complexity index is 251. The minimum Gasteiger partial charge on any atom is -0.391 e. The summed E-state index contributed by atoms with van der Waals surface area (Å²) in [5, 5.41) is 12.4. The van der Waals surface area contributed by atoms with Crippen LogP contribution in [0.1, 0.15) is 13.8 Å². The van der Waals surface area contributed by atoms with Gasteiger partial charge in [0, 0.05) is 19.7 Å². The van der Waals surface area contributed by atoms with Gasteiger partial charge in [-0.15, -0.1) is 0 Å². The molecule has 1 unspecified atom stereocenters. The lowest BCUT2D eigenvalue weighted by Gasteiger charge is -2.14. The maximum Gasteiger partial charge on any atom is 0.155 e. The summed E-state index contributed by atoms with van der Waals surface area (Å²) < 4.78 is 27.4. The molecule has 0 aliphatic carbocycles. The third kappa shape index (κ3) is 8.80. The molecule has 1 atom stereocenters. The van der Waals surface area contributed by atoms with Crippen LogP contribution in [0.3, 0.4) is 0 Å². The Labute approximate surface area is 91.7 Å². The molecular formula is C9H21NO4S.